The number of rotatable bonds is 7. The molecule has 0 aliphatic rings. The molecule has 1 N–H and O–H groups in total. The molecule has 3 aromatic rings. The van der Waals surface area contributed by atoms with Gasteiger partial charge in [0, 0.05) is 23.6 Å². The van der Waals surface area contributed by atoms with Crippen LogP contribution in [0.25, 0.3) is 11.5 Å². The summed E-state index contributed by atoms with van der Waals surface area (Å²) >= 11 is 5.89. The SMILES string of the molecule is COc1ccc(Cl)cc1S(=O)(=O)NCCc1nnc(-c2ccccc2)o1. The molecule has 136 valence electrons. The van der Waals surface area contributed by atoms with Crippen LogP contribution in [0, 0.1) is 0 Å². The Morgan fingerprint density at radius 2 is 1.92 bits per heavy atom. The zero-order chi connectivity index (χ0) is 18.6. The molecule has 0 bridgehead atoms. The minimum absolute atomic E-state index is 0.0250. The molecule has 0 saturated heterocycles. The lowest BCUT2D eigenvalue weighted by atomic mass is 10.2. The highest BCUT2D eigenvalue weighted by atomic mass is 35.5. The van der Waals surface area contributed by atoms with Gasteiger partial charge >= 0.3 is 0 Å². The number of aromatic nitrogens is 2. The van der Waals surface area contributed by atoms with Gasteiger partial charge in [0.25, 0.3) is 0 Å². The third-order valence-corrected chi connectivity index (χ3v) is 5.25. The molecule has 3 rings (SSSR count). The van der Waals surface area contributed by atoms with E-state index in [1.807, 2.05) is 30.3 Å². The van der Waals surface area contributed by atoms with Crippen molar-refractivity contribution < 1.29 is 17.6 Å². The number of sulfonamides is 1. The summed E-state index contributed by atoms with van der Waals surface area (Å²) in [6, 6.07) is 13.7. The van der Waals surface area contributed by atoms with Gasteiger partial charge in [-0.25, -0.2) is 13.1 Å². The highest BCUT2D eigenvalue weighted by Crippen LogP contribution is 2.26. The first-order valence-electron chi connectivity index (χ1n) is 7.70. The molecule has 0 aliphatic heterocycles. The van der Waals surface area contributed by atoms with Crippen molar-refractivity contribution in [3.63, 3.8) is 0 Å². The van der Waals surface area contributed by atoms with E-state index in [1.54, 1.807) is 6.07 Å². The molecular weight excluding hydrogens is 378 g/mol. The second-order valence-electron chi connectivity index (χ2n) is 5.31. The normalized spacial score (nSPS) is 11.5. The van der Waals surface area contributed by atoms with E-state index in [1.165, 1.54) is 19.2 Å². The predicted molar refractivity (Wildman–Crippen MR) is 96.6 cm³/mol. The Balaban J connectivity index is 1.66. The standard InChI is InChI=1S/C17H16ClN3O4S/c1-24-14-8-7-13(18)11-15(14)26(22,23)19-10-9-16-20-21-17(25-16)12-5-3-2-4-6-12/h2-8,11,19H,9-10H2,1H3. The van der Waals surface area contributed by atoms with Gasteiger partial charge in [0.15, 0.2) is 0 Å². The van der Waals surface area contributed by atoms with Crippen LogP contribution in [0.4, 0.5) is 0 Å². The molecule has 0 amide bonds. The molecule has 0 aliphatic carbocycles. The van der Waals surface area contributed by atoms with Crippen LogP contribution in [-0.2, 0) is 16.4 Å². The number of ether oxygens (including phenoxy) is 1. The highest BCUT2D eigenvalue weighted by Gasteiger charge is 2.20. The van der Waals surface area contributed by atoms with Crippen molar-refractivity contribution in [2.45, 2.75) is 11.3 Å². The monoisotopic (exact) mass is 393 g/mol. The zero-order valence-corrected chi connectivity index (χ0v) is 15.4. The van der Waals surface area contributed by atoms with Gasteiger partial charge in [-0.2, -0.15) is 0 Å². The predicted octanol–water partition coefficient (Wildman–Crippen LogP) is 2.92. The molecule has 2 aromatic carbocycles. The quantitative estimate of drug-likeness (QED) is 0.663. The number of benzene rings is 2. The molecule has 1 aromatic heterocycles. The molecule has 0 radical (unpaired) electrons. The Labute approximate surface area is 156 Å². The van der Waals surface area contributed by atoms with Gasteiger partial charge in [0.1, 0.15) is 10.6 Å². The van der Waals surface area contributed by atoms with Gasteiger partial charge in [0.2, 0.25) is 21.8 Å². The number of hydrogen-bond acceptors (Lipinski definition) is 6. The molecule has 0 unspecified atom stereocenters. The number of halogens is 1. The van der Waals surface area contributed by atoms with Crippen LogP contribution in [0.3, 0.4) is 0 Å². The van der Waals surface area contributed by atoms with Crippen molar-refractivity contribution in [3.8, 4) is 17.2 Å². The molecule has 0 fully saturated rings. The Bertz CT molecular complexity index is 990. The summed E-state index contributed by atoms with van der Waals surface area (Å²) < 4.78 is 38.0. The molecule has 26 heavy (non-hydrogen) atoms. The van der Waals surface area contributed by atoms with Gasteiger partial charge in [0.05, 0.1) is 7.11 Å². The molecule has 1 heterocycles. The van der Waals surface area contributed by atoms with Crippen molar-refractivity contribution in [2.75, 3.05) is 13.7 Å². The average Bonchev–Trinajstić information content (AvgIpc) is 3.11. The number of nitrogens with zero attached hydrogens (tertiary/aromatic N) is 2. The van der Waals surface area contributed by atoms with Crippen molar-refractivity contribution in [1.29, 1.82) is 0 Å². The van der Waals surface area contributed by atoms with Crippen LogP contribution in [0.5, 0.6) is 5.75 Å². The second-order valence-corrected chi connectivity index (χ2v) is 7.48. The van der Waals surface area contributed by atoms with Gasteiger partial charge in [-0.05, 0) is 30.3 Å². The first-order chi connectivity index (χ1) is 12.5. The first-order valence-corrected chi connectivity index (χ1v) is 9.57. The summed E-state index contributed by atoms with van der Waals surface area (Å²) in [5.74, 6) is 0.940. The summed E-state index contributed by atoms with van der Waals surface area (Å²) in [6.45, 7) is 0.0917. The third kappa shape index (κ3) is 4.21. The van der Waals surface area contributed by atoms with Crippen molar-refractivity contribution >= 4 is 21.6 Å². The number of methoxy groups -OCH3 is 1. The molecule has 9 heteroatoms. The number of nitrogens with one attached hydrogen (secondary N) is 1. The van der Waals surface area contributed by atoms with Crippen LogP contribution >= 0.6 is 11.6 Å². The van der Waals surface area contributed by atoms with E-state index < -0.39 is 10.0 Å². The van der Waals surface area contributed by atoms with E-state index in [0.717, 1.165) is 5.56 Å². The summed E-state index contributed by atoms with van der Waals surface area (Å²) in [4.78, 5) is -0.0250. The summed E-state index contributed by atoms with van der Waals surface area (Å²) in [6.07, 6.45) is 0.252. The maximum absolute atomic E-state index is 12.5. The van der Waals surface area contributed by atoms with E-state index in [2.05, 4.69) is 14.9 Å². The van der Waals surface area contributed by atoms with Crippen molar-refractivity contribution in [3.05, 3.63) is 59.4 Å². The minimum atomic E-state index is -3.79. The van der Waals surface area contributed by atoms with Crippen LogP contribution in [0.15, 0.2) is 57.8 Å². The van der Waals surface area contributed by atoms with Gasteiger partial charge in [-0.15, -0.1) is 10.2 Å². The molecule has 0 atom stereocenters. The Morgan fingerprint density at radius 3 is 2.65 bits per heavy atom. The maximum Gasteiger partial charge on any atom is 0.247 e. The van der Waals surface area contributed by atoms with Crippen LogP contribution < -0.4 is 9.46 Å². The maximum atomic E-state index is 12.5. The third-order valence-electron chi connectivity index (χ3n) is 3.53. The van der Waals surface area contributed by atoms with Crippen LogP contribution in [0.2, 0.25) is 5.02 Å². The average molecular weight is 394 g/mol. The van der Waals surface area contributed by atoms with Crippen molar-refractivity contribution in [2.24, 2.45) is 0 Å². The minimum Gasteiger partial charge on any atom is -0.495 e. The lowest BCUT2D eigenvalue weighted by Gasteiger charge is -2.10. The highest BCUT2D eigenvalue weighted by molar-refractivity contribution is 7.89. The second kappa shape index (κ2) is 7.86. The van der Waals surface area contributed by atoms with E-state index in [4.69, 9.17) is 20.8 Å². The van der Waals surface area contributed by atoms with E-state index >= 15 is 0 Å². The summed E-state index contributed by atoms with van der Waals surface area (Å²) in [7, 11) is -2.40. The Hall–Kier alpha value is -2.42. The van der Waals surface area contributed by atoms with E-state index in [-0.39, 0.29) is 23.6 Å². The van der Waals surface area contributed by atoms with Crippen LogP contribution in [-0.4, -0.2) is 32.3 Å². The topological polar surface area (TPSA) is 94.3 Å². The summed E-state index contributed by atoms with van der Waals surface area (Å²) in [5, 5.41) is 8.20. The lowest BCUT2D eigenvalue weighted by molar-refractivity contribution is 0.402. The van der Waals surface area contributed by atoms with Gasteiger partial charge in [-0.3, -0.25) is 0 Å². The van der Waals surface area contributed by atoms with Gasteiger partial charge < -0.3 is 9.15 Å². The smallest absolute Gasteiger partial charge is 0.247 e. The Morgan fingerprint density at radius 1 is 1.15 bits per heavy atom. The molecule has 7 nitrogen and oxygen atoms in total. The van der Waals surface area contributed by atoms with Crippen LogP contribution in [0.1, 0.15) is 5.89 Å². The van der Waals surface area contributed by atoms with Crippen molar-refractivity contribution in [1.82, 2.24) is 14.9 Å². The fourth-order valence-electron chi connectivity index (χ4n) is 2.28. The zero-order valence-electron chi connectivity index (χ0n) is 13.8. The largest absolute Gasteiger partial charge is 0.495 e. The fourth-order valence-corrected chi connectivity index (χ4v) is 3.74. The van der Waals surface area contributed by atoms with E-state index in [9.17, 15) is 8.42 Å². The van der Waals surface area contributed by atoms with Gasteiger partial charge in [-0.1, -0.05) is 29.8 Å². The van der Waals surface area contributed by atoms with E-state index in [0.29, 0.717) is 16.8 Å². The molecule has 0 saturated carbocycles. The lowest BCUT2D eigenvalue weighted by Crippen LogP contribution is -2.26. The Kier molecular flexibility index (Phi) is 5.55. The first kappa shape index (κ1) is 18.4. The fraction of sp³-hybridized carbons (Fsp3) is 0.176. The number of hydrogen-bond donors (Lipinski definition) is 1. The molecule has 0 spiro atoms. The summed E-state index contributed by atoms with van der Waals surface area (Å²) in [5.41, 5.74) is 0.801. The molecular formula is C17H16ClN3O4S.